The summed E-state index contributed by atoms with van der Waals surface area (Å²) in [5.74, 6) is 0.0680. The number of nitrogens with zero attached hydrogens (tertiary/aromatic N) is 1. The first kappa shape index (κ1) is 14.8. The Hall–Kier alpha value is -1.65. The van der Waals surface area contributed by atoms with Gasteiger partial charge in [0.15, 0.2) is 0 Å². The molecule has 1 atom stereocenters. The van der Waals surface area contributed by atoms with Crippen LogP contribution in [0.4, 0.5) is 0 Å². The van der Waals surface area contributed by atoms with Gasteiger partial charge in [-0.25, -0.2) is 0 Å². The van der Waals surface area contributed by atoms with Gasteiger partial charge in [-0.15, -0.1) is 6.58 Å². The van der Waals surface area contributed by atoms with E-state index in [2.05, 4.69) is 46.4 Å². The highest BCUT2D eigenvalue weighted by molar-refractivity contribution is 5.78. The molecule has 1 aliphatic heterocycles. The Bertz CT molecular complexity index is 433. The van der Waals surface area contributed by atoms with Gasteiger partial charge in [0.1, 0.15) is 0 Å². The fourth-order valence-corrected chi connectivity index (χ4v) is 2.50. The smallest absolute Gasteiger partial charge is 0.234 e. The second-order valence-corrected chi connectivity index (χ2v) is 5.19. The van der Waals surface area contributed by atoms with Crippen LogP contribution < -0.4 is 10.6 Å². The number of carbonyl (C=O) groups excluding carboxylic acids is 1. The fraction of sp³-hybridized carbons (Fsp3) is 0.438. The van der Waals surface area contributed by atoms with Crippen LogP contribution in [0.25, 0.3) is 0 Å². The Balaban J connectivity index is 1.69. The van der Waals surface area contributed by atoms with Crippen LogP contribution in [0.3, 0.4) is 0 Å². The average molecular weight is 273 g/mol. The summed E-state index contributed by atoms with van der Waals surface area (Å²) >= 11 is 0. The second-order valence-electron chi connectivity index (χ2n) is 5.19. The molecule has 108 valence electrons. The van der Waals surface area contributed by atoms with Crippen molar-refractivity contribution >= 4 is 5.91 Å². The molecule has 0 saturated carbocycles. The minimum absolute atomic E-state index is 0.0680. The number of rotatable bonds is 7. The minimum atomic E-state index is 0.0680. The van der Waals surface area contributed by atoms with E-state index in [0.29, 0.717) is 13.1 Å². The van der Waals surface area contributed by atoms with E-state index < -0.39 is 0 Å². The van der Waals surface area contributed by atoms with Crippen molar-refractivity contribution in [2.45, 2.75) is 19.0 Å². The molecule has 0 spiro atoms. The van der Waals surface area contributed by atoms with E-state index in [-0.39, 0.29) is 11.9 Å². The Morgan fingerprint density at radius 2 is 2.20 bits per heavy atom. The molecule has 1 fully saturated rings. The maximum absolute atomic E-state index is 11.7. The van der Waals surface area contributed by atoms with Crippen LogP contribution in [0.2, 0.25) is 0 Å². The van der Waals surface area contributed by atoms with Crippen LogP contribution in [0, 0.1) is 0 Å². The second kappa shape index (κ2) is 7.82. The number of hydrogen-bond donors (Lipinski definition) is 2. The molecular weight excluding hydrogens is 250 g/mol. The monoisotopic (exact) mass is 273 g/mol. The lowest BCUT2D eigenvalue weighted by Crippen LogP contribution is -2.41. The Morgan fingerprint density at radius 3 is 2.95 bits per heavy atom. The quantitative estimate of drug-likeness (QED) is 0.579. The zero-order valence-corrected chi connectivity index (χ0v) is 11.8. The van der Waals surface area contributed by atoms with E-state index in [1.807, 2.05) is 6.07 Å². The van der Waals surface area contributed by atoms with Gasteiger partial charge in [0, 0.05) is 32.2 Å². The Labute approximate surface area is 120 Å². The topological polar surface area (TPSA) is 44.4 Å². The van der Waals surface area contributed by atoms with Crippen molar-refractivity contribution in [1.29, 1.82) is 0 Å². The largest absolute Gasteiger partial charge is 0.351 e. The highest BCUT2D eigenvalue weighted by atomic mass is 16.2. The minimum Gasteiger partial charge on any atom is -0.351 e. The average Bonchev–Trinajstić information content (AvgIpc) is 2.87. The highest BCUT2D eigenvalue weighted by Gasteiger charge is 2.23. The highest BCUT2D eigenvalue weighted by Crippen LogP contribution is 2.13. The molecular formula is C16H23N3O. The van der Waals surface area contributed by atoms with Crippen LogP contribution in [-0.4, -0.2) is 43.0 Å². The molecule has 0 bridgehead atoms. The summed E-state index contributed by atoms with van der Waals surface area (Å²) in [6, 6.07) is 10.7. The first-order valence-electron chi connectivity index (χ1n) is 7.15. The molecule has 1 unspecified atom stereocenters. The van der Waals surface area contributed by atoms with Gasteiger partial charge < -0.3 is 10.6 Å². The van der Waals surface area contributed by atoms with Gasteiger partial charge in [-0.05, 0) is 12.0 Å². The van der Waals surface area contributed by atoms with Gasteiger partial charge in [-0.1, -0.05) is 36.4 Å². The third-order valence-corrected chi connectivity index (χ3v) is 3.46. The number of amides is 1. The summed E-state index contributed by atoms with van der Waals surface area (Å²) in [5.41, 5.74) is 1.33. The van der Waals surface area contributed by atoms with Gasteiger partial charge in [0.05, 0.1) is 6.54 Å². The summed E-state index contributed by atoms with van der Waals surface area (Å²) in [5, 5.41) is 6.09. The normalized spacial score (nSPS) is 18.9. The SMILES string of the molecule is C=CCNCC(=O)NC1CCN(Cc2ccccc2)C1. The number of carbonyl (C=O) groups is 1. The first-order valence-corrected chi connectivity index (χ1v) is 7.15. The molecule has 1 aromatic carbocycles. The van der Waals surface area contributed by atoms with Gasteiger partial charge >= 0.3 is 0 Å². The fourth-order valence-electron chi connectivity index (χ4n) is 2.50. The first-order chi connectivity index (χ1) is 9.78. The maximum Gasteiger partial charge on any atom is 0.234 e. The summed E-state index contributed by atoms with van der Waals surface area (Å²) in [6.45, 7) is 7.57. The van der Waals surface area contributed by atoms with Crippen LogP contribution in [-0.2, 0) is 11.3 Å². The van der Waals surface area contributed by atoms with Crippen molar-refractivity contribution < 1.29 is 4.79 Å². The molecule has 4 heteroatoms. The molecule has 2 N–H and O–H groups in total. The maximum atomic E-state index is 11.7. The zero-order chi connectivity index (χ0) is 14.2. The summed E-state index contributed by atoms with van der Waals surface area (Å²) in [6.07, 6.45) is 2.78. The number of nitrogens with one attached hydrogen (secondary N) is 2. The van der Waals surface area contributed by atoms with Crippen LogP contribution in [0.1, 0.15) is 12.0 Å². The van der Waals surface area contributed by atoms with Crippen molar-refractivity contribution in [3.63, 3.8) is 0 Å². The van der Waals surface area contributed by atoms with Crippen molar-refractivity contribution in [1.82, 2.24) is 15.5 Å². The molecule has 1 amide bonds. The zero-order valence-electron chi connectivity index (χ0n) is 11.8. The van der Waals surface area contributed by atoms with E-state index in [4.69, 9.17) is 0 Å². The van der Waals surface area contributed by atoms with E-state index in [9.17, 15) is 4.79 Å². The molecule has 1 saturated heterocycles. The van der Waals surface area contributed by atoms with Crippen molar-refractivity contribution in [2.24, 2.45) is 0 Å². The molecule has 1 aromatic rings. The van der Waals surface area contributed by atoms with E-state index >= 15 is 0 Å². The molecule has 1 heterocycles. The molecule has 0 radical (unpaired) electrons. The predicted molar refractivity (Wildman–Crippen MR) is 81.3 cm³/mol. The molecule has 0 aliphatic carbocycles. The molecule has 1 aliphatic rings. The standard InChI is InChI=1S/C16H23N3O/c1-2-9-17-11-16(20)18-15-8-10-19(13-15)12-14-6-4-3-5-7-14/h2-7,15,17H,1,8-13H2,(H,18,20). The lowest BCUT2D eigenvalue weighted by molar-refractivity contribution is -0.120. The summed E-state index contributed by atoms with van der Waals surface area (Å²) in [7, 11) is 0. The number of likely N-dealkylation sites (tertiary alicyclic amines) is 1. The van der Waals surface area contributed by atoms with Crippen LogP contribution in [0.15, 0.2) is 43.0 Å². The van der Waals surface area contributed by atoms with Crippen molar-refractivity contribution in [3.8, 4) is 0 Å². The summed E-state index contributed by atoms with van der Waals surface area (Å²) < 4.78 is 0. The van der Waals surface area contributed by atoms with E-state index in [1.165, 1.54) is 5.56 Å². The molecule has 2 rings (SSSR count). The van der Waals surface area contributed by atoms with Gasteiger partial charge in [-0.3, -0.25) is 9.69 Å². The lowest BCUT2D eigenvalue weighted by atomic mass is 10.2. The molecule has 4 nitrogen and oxygen atoms in total. The molecule has 20 heavy (non-hydrogen) atoms. The van der Waals surface area contributed by atoms with Gasteiger partial charge in [0.25, 0.3) is 0 Å². The molecule has 0 aromatic heterocycles. The van der Waals surface area contributed by atoms with E-state index in [1.54, 1.807) is 6.08 Å². The third kappa shape index (κ3) is 4.79. The van der Waals surface area contributed by atoms with Crippen molar-refractivity contribution in [3.05, 3.63) is 48.6 Å². The number of hydrogen-bond acceptors (Lipinski definition) is 3. The van der Waals surface area contributed by atoms with Crippen LogP contribution in [0.5, 0.6) is 0 Å². The Kier molecular flexibility index (Phi) is 5.77. The van der Waals surface area contributed by atoms with Gasteiger partial charge in [-0.2, -0.15) is 0 Å². The predicted octanol–water partition coefficient (Wildman–Crippen LogP) is 1.15. The van der Waals surface area contributed by atoms with Gasteiger partial charge in [0.2, 0.25) is 5.91 Å². The van der Waals surface area contributed by atoms with E-state index in [0.717, 1.165) is 26.1 Å². The van der Waals surface area contributed by atoms with Crippen LogP contribution >= 0.6 is 0 Å². The third-order valence-electron chi connectivity index (χ3n) is 3.46. The van der Waals surface area contributed by atoms with Crippen molar-refractivity contribution in [2.75, 3.05) is 26.2 Å². The number of benzene rings is 1. The lowest BCUT2D eigenvalue weighted by Gasteiger charge is -2.16. The summed E-state index contributed by atoms with van der Waals surface area (Å²) in [4.78, 5) is 14.1. The Morgan fingerprint density at radius 1 is 1.40 bits per heavy atom.